The van der Waals surface area contributed by atoms with E-state index in [0.29, 0.717) is 16.5 Å². The van der Waals surface area contributed by atoms with E-state index in [0.717, 1.165) is 0 Å². The first-order chi connectivity index (χ1) is 12.4. The quantitative estimate of drug-likeness (QED) is 0.885. The Kier molecular flexibility index (Phi) is 2.32. The van der Waals surface area contributed by atoms with E-state index in [9.17, 15) is 4.79 Å². The number of aromatic amines is 1. The van der Waals surface area contributed by atoms with Crippen LogP contribution in [0.4, 0.5) is 4.79 Å². The minimum absolute atomic E-state index is 0.156. The third kappa shape index (κ3) is 3.19. The van der Waals surface area contributed by atoms with Gasteiger partial charge in [-0.05, 0) is 50.1 Å². The third-order valence-electron chi connectivity index (χ3n) is 3.19. The molecule has 1 fully saturated rings. The molecule has 5 heteroatoms. The summed E-state index contributed by atoms with van der Waals surface area (Å²) in [4.78, 5) is 15.5. The number of aromatic nitrogens is 1. The summed E-state index contributed by atoms with van der Waals surface area (Å²) in [6.45, 7) is -4.38. The molecule has 1 aromatic heterocycles. The topological polar surface area (TPSA) is 57.4 Å². The van der Waals surface area contributed by atoms with Crippen molar-refractivity contribution in [3.8, 4) is 0 Å². The van der Waals surface area contributed by atoms with E-state index in [2.05, 4.69) is 15.0 Å². The maximum Gasteiger partial charge on any atom is 0.407 e. The van der Waals surface area contributed by atoms with Gasteiger partial charge >= 0.3 is 6.09 Å². The number of cyclic esters (lactones) is 1. The Morgan fingerprint density at radius 2 is 2.38 bits per heavy atom. The van der Waals surface area contributed by atoms with Crippen LogP contribution >= 0.6 is 0 Å². The number of nitrogens with one attached hydrogen (secondary N) is 2. The van der Waals surface area contributed by atoms with Gasteiger partial charge in [-0.1, -0.05) is 6.07 Å². The van der Waals surface area contributed by atoms with Gasteiger partial charge < -0.3 is 19.9 Å². The number of alkyl carbamates (subject to hydrolysis) is 1. The molecular formula is C16H21N3O2. The van der Waals surface area contributed by atoms with Gasteiger partial charge in [0.05, 0.1) is 8.78 Å². The van der Waals surface area contributed by atoms with Crippen LogP contribution in [-0.2, 0) is 17.5 Å². The Morgan fingerprint density at radius 3 is 3.10 bits per heavy atom. The Hall–Kier alpha value is -2.01. The average molecular weight is 293 g/mol. The molecule has 1 aromatic carbocycles. The summed E-state index contributed by atoms with van der Waals surface area (Å²) in [5, 5.41) is 2.94. The van der Waals surface area contributed by atoms with Gasteiger partial charge in [0.25, 0.3) is 0 Å². The van der Waals surface area contributed by atoms with E-state index >= 15 is 0 Å². The number of carbonyl (C=O) groups is 1. The Labute approximate surface area is 132 Å². The SMILES string of the molecule is [2H]C1([2H])OC(=O)N[C@H]1Cc1ccc2[nH]cc(C([2H])([2H])C([2H])([2H])N(C)C)c2c1. The van der Waals surface area contributed by atoms with Gasteiger partial charge in [-0.25, -0.2) is 4.79 Å². The summed E-state index contributed by atoms with van der Waals surface area (Å²) in [5.41, 5.74) is 1.49. The Balaban J connectivity index is 1.99. The number of hydrogen-bond acceptors (Lipinski definition) is 3. The van der Waals surface area contributed by atoms with Crippen molar-refractivity contribution in [2.45, 2.75) is 18.8 Å². The maximum atomic E-state index is 11.3. The molecule has 1 amide bonds. The lowest BCUT2D eigenvalue weighted by Gasteiger charge is -2.09. The van der Waals surface area contributed by atoms with Gasteiger partial charge in [-0.2, -0.15) is 0 Å². The molecule has 2 aromatic rings. The molecule has 21 heavy (non-hydrogen) atoms. The van der Waals surface area contributed by atoms with Gasteiger partial charge in [0.1, 0.15) is 6.56 Å². The molecule has 0 unspecified atom stereocenters. The molecule has 0 spiro atoms. The van der Waals surface area contributed by atoms with Crippen LogP contribution in [0.25, 0.3) is 10.9 Å². The highest BCUT2D eigenvalue weighted by atomic mass is 16.6. The van der Waals surface area contributed by atoms with Gasteiger partial charge in [0.2, 0.25) is 0 Å². The minimum atomic E-state index is -2.30. The van der Waals surface area contributed by atoms with E-state index in [1.807, 2.05) is 0 Å². The molecule has 2 N–H and O–H groups in total. The molecule has 0 radical (unpaired) electrons. The van der Waals surface area contributed by atoms with Crippen molar-refractivity contribution >= 4 is 17.0 Å². The lowest BCUT2D eigenvalue weighted by molar-refractivity contribution is 0.177. The molecule has 3 rings (SSSR count). The number of likely N-dealkylation sites (N-methyl/N-ethyl adjacent to an activating group) is 1. The smallest absolute Gasteiger partial charge is 0.407 e. The van der Waals surface area contributed by atoms with Crippen LogP contribution in [0.2, 0.25) is 0 Å². The zero-order valence-electron chi connectivity index (χ0n) is 17.9. The number of carbonyl (C=O) groups excluding carboxylic acids is 1. The second-order valence-electron chi connectivity index (χ2n) is 5.12. The number of fused-ring (bicyclic) bond motifs is 1. The molecule has 0 aliphatic carbocycles. The zero-order valence-corrected chi connectivity index (χ0v) is 11.9. The molecule has 1 atom stereocenters. The van der Waals surface area contributed by atoms with Crippen molar-refractivity contribution in [2.75, 3.05) is 27.2 Å². The van der Waals surface area contributed by atoms with Crippen molar-refractivity contribution in [1.29, 1.82) is 0 Å². The highest BCUT2D eigenvalue weighted by Gasteiger charge is 2.22. The highest BCUT2D eigenvalue weighted by molar-refractivity contribution is 5.84. The van der Waals surface area contributed by atoms with Crippen molar-refractivity contribution < 1.29 is 17.8 Å². The summed E-state index contributed by atoms with van der Waals surface area (Å²) < 4.78 is 53.2. The number of H-pyrrole nitrogens is 1. The molecule has 1 saturated heterocycles. The first-order valence-electron chi connectivity index (χ1n) is 9.63. The summed E-state index contributed by atoms with van der Waals surface area (Å²) in [7, 11) is 2.95. The summed E-state index contributed by atoms with van der Waals surface area (Å²) >= 11 is 0. The molecule has 1 aliphatic rings. The van der Waals surface area contributed by atoms with Gasteiger partial charge in [0.15, 0.2) is 0 Å². The molecule has 112 valence electrons. The number of nitrogens with zero attached hydrogens (tertiary/aromatic N) is 1. The Bertz CT molecular complexity index is 880. The number of aryl methyl sites for hydroxylation is 1. The molecular weight excluding hydrogens is 266 g/mol. The largest absolute Gasteiger partial charge is 0.447 e. The number of benzene rings is 1. The molecule has 0 saturated carbocycles. The monoisotopic (exact) mass is 293 g/mol. The number of hydrogen-bond donors (Lipinski definition) is 2. The normalized spacial score (nSPS) is 26.2. The van der Waals surface area contributed by atoms with Gasteiger partial charge in [-0.3, -0.25) is 0 Å². The third-order valence-corrected chi connectivity index (χ3v) is 3.19. The van der Waals surface area contributed by atoms with Gasteiger partial charge in [0, 0.05) is 29.1 Å². The fraction of sp³-hybridized carbons (Fsp3) is 0.438. The van der Waals surface area contributed by atoms with E-state index < -0.39 is 31.6 Å². The number of amides is 1. The van der Waals surface area contributed by atoms with Crippen LogP contribution in [0, 0.1) is 0 Å². The van der Waals surface area contributed by atoms with Crippen molar-refractivity contribution in [3.05, 3.63) is 35.5 Å². The molecule has 5 nitrogen and oxygen atoms in total. The fourth-order valence-corrected chi connectivity index (χ4v) is 2.22. The average Bonchev–Trinajstić information content (AvgIpc) is 3.07. The summed E-state index contributed by atoms with van der Waals surface area (Å²) in [6, 6.07) is 4.29. The van der Waals surface area contributed by atoms with Gasteiger partial charge in [-0.15, -0.1) is 0 Å². The zero-order chi connectivity index (χ0) is 20.2. The molecule has 2 heterocycles. The van der Waals surface area contributed by atoms with Crippen LogP contribution in [0.1, 0.15) is 19.4 Å². The maximum absolute atomic E-state index is 11.3. The van der Waals surface area contributed by atoms with Crippen LogP contribution in [0.3, 0.4) is 0 Å². The predicted octanol–water partition coefficient (Wildman–Crippen LogP) is 1.92. The summed E-state index contributed by atoms with van der Waals surface area (Å²) in [6.07, 6.45) is -1.51. The molecule has 0 bridgehead atoms. The van der Waals surface area contributed by atoms with Crippen molar-refractivity contribution in [1.82, 2.24) is 15.2 Å². The van der Waals surface area contributed by atoms with E-state index in [4.69, 9.17) is 8.22 Å². The van der Waals surface area contributed by atoms with Crippen molar-refractivity contribution in [3.63, 3.8) is 0 Å². The lowest BCUT2D eigenvalue weighted by Crippen LogP contribution is -2.28. The van der Waals surface area contributed by atoms with Crippen LogP contribution in [0.5, 0.6) is 0 Å². The predicted molar refractivity (Wildman–Crippen MR) is 82.5 cm³/mol. The van der Waals surface area contributed by atoms with Crippen LogP contribution < -0.4 is 5.32 Å². The first kappa shape index (κ1) is 8.44. The van der Waals surface area contributed by atoms with Crippen LogP contribution in [0.15, 0.2) is 24.4 Å². The summed E-state index contributed by atoms with van der Waals surface area (Å²) in [5.74, 6) is 0. The molecule has 1 aliphatic heterocycles. The minimum Gasteiger partial charge on any atom is -0.447 e. The Morgan fingerprint density at radius 1 is 1.52 bits per heavy atom. The van der Waals surface area contributed by atoms with E-state index in [1.165, 1.54) is 25.2 Å². The fourth-order valence-electron chi connectivity index (χ4n) is 2.22. The standard InChI is InChI=1S/C16H21N3O2/c1-19(2)6-5-12-9-17-15-4-3-11(8-14(12)15)7-13-10-21-16(20)18-13/h3-4,8-9,13,17H,5-7,10H2,1-2H3,(H,18,20)/t13-/m0/s1/i5D2,6D2,10D2. The van der Waals surface area contributed by atoms with E-state index in [-0.39, 0.29) is 12.0 Å². The lowest BCUT2D eigenvalue weighted by atomic mass is 10.0. The van der Waals surface area contributed by atoms with Crippen molar-refractivity contribution in [2.24, 2.45) is 0 Å². The number of rotatable bonds is 5. The van der Waals surface area contributed by atoms with Crippen LogP contribution in [-0.4, -0.2) is 49.2 Å². The second-order valence-corrected chi connectivity index (χ2v) is 5.12. The van der Waals surface area contributed by atoms with E-state index in [1.54, 1.807) is 18.2 Å². The second kappa shape index (κ2) is 5.77. The first-order valence-corrected chi connectivity index (χ1v) is 6.63. The highest BCUT2D eigenvalue weighted by Crippen LogP contribution is 2.21. The number of ether oxygens (including phenoxy) is 1.